The largest absolute Gasteiger partial charge is 0.383 e. The topological polar surface area (TPSA) is 69.0 Å². The van der Waals surface area contributed by atoms with Crippen molar-refractivity contribution in [1.82, 2.24) is 20.1 Å². The van der Waals surface area contributed by atoms with E-state index >= 15 is 0 Å². The second kappa shape index (κ2) is 9.91. The standard InChI is InChI=1S/C21H23ClN4O2S/c1-14-4-9-18(12-15(14)2)26-20(16-5-7-17(22)8-6-16)24-25-21(26)29-13-19(27)23-10-11-28-3/h4-9,12H,10-11,13H2,1-3H3,(H,23,27). The molecule has 1 N–H and O–H groups in total. The number of benzene rings is 2. The second-order valence-electron chi connectivity index (χ2n) is 6.55. The zero-order valence-corrected chi connectivity index (χ0v) is 18.2. The van der Waals surface area contributed by atoms with Crippen LogP contribution in [0.1, 0.15) is 11.1 Å². The third-order valence-electron chi connectivity index (χ3n) is 4.45. The summed E-state index contributed by atoms with van der Waals surface area (Å²) in [6.07, 6.45) is 0. The number of nitrogens with zero attached hydrogens (tertiary/aromatic N) is 3. The van der Waals surface area contributed by atoms with Gasteiger partial charge in [-0.05, 0) is 61.4 Å². The Morgan fingerprint density at radius 1 is 1.14 bits per heavy atom. The Morgan fingerprint density at radius 3 is 2.59 bits per heavy atom. The number of ether oxygens (including phenoxy) is 1. The Balaban J connectivity index is 1.93. The lowest BCUT2D eigenvalue weighted by atomic mass is 10.1. The Labute approximate surface area is 179 Å². The molecule has 0 atom stereocenters. The third kappa shape index (κ3) is 5.38. The molecule has 0 aliphatic carbocycles. The molecular formula is C21H23ClN4O2S. The first-order valence-corrected chi connectivity index (χ1v) is 10.5. The number of nitrogens with one attached hydrogen (secondary N) is 1. The second-order valence-corrected chi connectivity index (χ2v) is 7.93. The Morgan fingerprint density at radius 2 is 1.90 bits per heavy atom. The van der Waals surface area contributed by atoms with Crippen LogP contribution in [-0.2, 0) is 9.53 Å². The molecule has 0 aliphatic rings. The Bertz CT molecular complexity index is 989. The average molecular weight is 431 g/mol. The SMILES string of the molecule is COCCNC(=O)CSc1nnc(-c2ccc(Cl)cc2)n1-c1ccc(C)c(C)c1. The smallest absolute Gasteiger partial charge is 0.230 e. The van der Waals surface area contributed by atoms with Gasteiger partial charge in [0.05, 0.1) is 18.0 Å². The van der Waals surface area contributed by atoms with Gasteiger partial charge in [-0.25, -0.2) is 0 Å². The molecule has 3 rings (SSSR count). The van der Waals surface area contributed by atoms with Gasteiger partial charge in [0.1, 0.15) is 0 Å². The first-order chi connectivity index (χ1) is 14.0. The van der Waals surface area contributed by atoms with Gasteiger partial charge in [0, 0.05) is 24.2 Å². The molecule has 29 heavy (non-hydrogen) atoms. The number of amides is 1. The van der Waals surface area contributed by atoms with E-state index in [9.17, 15) is 4.79 Å². The van der Waals surface area contributed by atoms with Gasteiger partial charge < -0.3 is 10.1 Å². The summed E-state index contributed by atoms with van der Waals surface area (Å²) >= 11 is 7.38. The van der Waals surface area contributed by atoms with Crippen molar-refractivity contribution < 1.29 is 9.53 Å². The van der Waals surface area contributed by atoms with Crippen molar-refractivity contribution in [2.45, 2.75) is 19.0 Å². The molecule has 1 aromatic heterocycles. The first-order valence-electron chi connectivity index (χ1n) is 9.17. The Hall–Kier alpha value is -2.35. The van der Waals surface area contributed by atoms with Crippen molar-refractivity contribution in [3.63, 3.8) is 0 Å². The lowest BCUT2D eigenvalue weighted by molar-refractivity contribution is -0.118. The van der Waals surface area contributed by atoms with Gasteiger partial charge in [0.2, 0.25) is 5.91 Å². The number of aryl methyl sites for hydroxylation is 2. The molecule has 3 aromatic rings. The van der Waals surface area contributed by atoms with E-state index in [1.807, 2.05) is 34.9 Å². The number of carbonyl (C=O) groups is 1. The van der Waals surface area contributed by atoms with Crippen molar-refractivity contribution in [3.05, 3.63) is 58.6 Å². The van der Waals surface area contributed by atoms with Crippen molar-refractivity contribution in [2.75, 3.05) is 26.0 Å². The molecule has 2 aromatic carbocycles. The molecule has 152 valence electrons. The highest BCUT2D eigenvalue weighted by Gasteiger charge is 2.17. The van der Waals surface area contributed by atoms with Crippen molar-refractivity contribution in [2.24, 2.45) is 0 Å². The van der Waals surface area contributed by atoms with Crippen LogP contribution in [0, 0.1) is 13.8 Å². The molecule has 0 saturated carbocycles. The molecule has 0 bridgehead atoms. The maximum atomic E-state index is 12.1. The fourth-order valence-electron chi connectivity index (χ4n) is 2.72. The fraction of sp³-hybridized carbons (Fsp3) is 0.286. The van der Waals surface area contributed by atoms with E-state index < -0.39 is 0 Å². The van der Waals surface area contributed by atoms with Crippen LogP contribution in [0.25, 0.3) is 17.1 Å². The number of carbonyl (C=O) groups excluding carboxylic acids is 1. The first kappa shape index (κ1) is 21.4. The number of hydrogen-bond acceptors (Lipinski definition) is 5. The number of methoxy groups -OCH3 is 1. The van der Waals surface area contributed by atoms with Crippen molar-refractivity contribution >= 4 is 29.3 Å². The summed E-state index contributed by atoms with van der Waals surface area (Å²) in [7, 11) is 1.60. The zero-order chi connectivity index (χ0) is 20.8. The molecular weight excluding hydrogens is 408 g/mol. The predicted octanol–water partition coefficient (Wildman–Crippen LogP) is 4.06. The highest BCUT2D eigenvalue weighted by Crippen LogP contribution is 2.29. The number of rotatable bonds is 8. The maximum absolute atomic E-state index is 12.1. The van der Waals surface area contributed by atoms with Crippen LogP contribution in [0.2, 0.25) is 5.02 Å². The van der Waals surface area contributed by atoms with E-state index in [0.717, 1.165) is 11.3 Å². The van der Waals surface area contributed by atoms with Crippen LogP contribution in [0.4, 0.5) is 0 Å². The van der Waals surface area contributed by atoms with Gasteiger partial charge >= 0.3 is 0 Å². The van der Waals surface area contributed by atoms with Crippen LogP contribution in [0.15, 0.2) is 47.6 Å². The highest BCUT2D eigenvalue weighted by atomic mass is 35.5. The summed E-state index contributed by atoms with van der Waals surface area (Å²) in [6.45, 7) is 5.11. The number of halogens is 1. The van der Waals surface area contributed by atoms with Gasteiger partial charge in [0.25, 0.3) is 0 Å². The minimum atomic E-state index is -0.0743. The molecule has 0 aliphatic heterocycles. The molecule has 6 nitrogen and oxygen atoms in total. The maximum Gasteiger partial charge on any atom is 0.230 e. The molecule has 0 unspecified atom stereocenters. The quantitative estimate of drug-likeness (QED) is 0.431. The van der Waals surface area contributed by atoms with E-state index in [-0.39, 0.29) is 11.7 Å². The van der Waals surface area contributed by atoms with Crippen molar-refractivity contribution in [1.29, 1.82) is 0 Å². The van der Waals surface area contributed by atoms with E-state index in [2.05, 4.69) is 41.5 Å². The zero-order valence-electron chi connectivity index (χ0n) is 16.6. The van der Waals surface area contributed by atoms with Crippen molar-refractivity contribution in [3.8, 4) is 17.1 Å². The summed E-state index contributed by atoms with van der Waals surface area (Å²) in [6, 6.07) is 13.7. The minimum Gasteiger partial charge on any atom is -0.383 e. The molecule has 0 spiro atoms. The predicted molar refractivity (Wildman–Crippen MR) is 117 cm³/mol. The molecule has 8 heteroatoms. The molecule has 1 amide bonds. The average Bonchev–Trinajstić information content (AvgIpc) is 3.13. The van der Waals surface area contributed by atoms with E-state index in [1.165, 1.54) is 22.9 Å². The van der Waals surface area contributed by atoms with Gasteiger partial charge in [-0.1, -0.05) is 29.4 Å². The summed E-state index contributed by atoms with van der Waals surface area (Å²) in [5.41, 5.74) is 4.23. The van der Waals surface area contributed by atoms with Crippen LogP contribution in [0.3, 0.4) is 0 Å². The molecule has 1 heterocycles. The normalized spacial score (nSPS) is 10.9. The summed E-state index contributed by atoms with van der Waals surface area (Å²) in [4.78, 5) is 12.1. The van der Waals surface area contributed by atoms with Gasteiger partial charge in [-0.2, -0.15) is 0 Å². The lowest BCUT2D eigenvalue weighted by Gasteiger charge is -2.12. The minimum absolute atomic E-state index is 0.0743. The van der Waals surface area contributed by atoms with Crippen LogP contribution in [-0.4, -0.2) is 46.7 Å². The lowest BCUT2D eigenvalue weighted by Crippen LogP contribution is -2.28. The number of thioether (sulfide) groups is 1. The van der Waals surface area contributed by atoms with Gasteiger partial charge in [0.15, 0.2) is 11.0 Å². The third-order valence-corrected chi connectivity index (χ3v) is 5.63. The Kier molecular flexibility index (Phi) is 7.30. The summed E-state index contributed by atoms with van der Waals surface area (Å²) < 4.78 is 6.93. The summed E-state index contributed by atoms with van der Waals surface area (Å²) in [5.74, 6) is 0.870. The van der Waals surface area contributed by atoms with Gasteiger partial charge in [-0.15, -0.1) is 10.2 Å². The summed E-state index contributed by atoms with van der Waals surface area (Å²) in [5, 5.41) is 12.9. The number of aromatic nitrogens is 3. The van der Waals surface area contributed by atoms with E-state index in [4.69, 9.17) is 16.3 Å². The highest BCUT2D eigenvalue weighted by molar-refractivity contribution is 7.99. The monoisotopic (exact) mass is 430 g/mol. The van der Waals surface area contributed by atoms with E-state index in [1.54, 1.807) is 7.11 Å². The van der Waals surface area contributed by atoms with Crippen LogP contribution >= 0.6 is 23.4 Å². The molecule has 0 radical (unpaired) electrons. The van der Waals surface area contributed by atoms with Gasteiger partial charge in [-0.3, -0.25) is 9.36 Å². The van der Waals surface area contributed by atoms with Crippen LogP contribution in [0.5, 0.6) is 0 Å². The number of hydrogen-bond donors (Lipinski definition) is 1. The fourth-order valence-corrected chi connectivity index (χ4v) is 3.63. The molecule has 0 saturated heterocycles. The van der Waals surface area contributed by atoms with Crippen LogP contribution < -0.4 is 5.32 Å². The molecule has 0 fully saturated rings. The van der Waals surface area contributed by atoms with E-state index in [0.29, 0.717) is 29.2 Å².